The molecule has 1 aliphatic heterocycles. The summed E-state index contributed by atoms with van der Waals surface area (Å²) in [6.07, 6.45) is 4.16. The van der Waals surface area contributed by atoms with E-state index >= 15 is 0 Å². The number of hydrogen-bond acceptors (Lipinski definition) is 2. The molecule has 2 heteroatoms. The summed E-state index contributed by atoms with van der Waals surface area (Å²) in [7, 11) is 0. The standard InChI is InChI=1S/C8H15NO/c1-2-3-4-5-9-6-8(10)7-9/h2,8,10H,1,3-7H2. The van der Waals surface area contributed by atoms with Crippen LogP contribution in [0.4, 0.5) is 0 Å². The zero-order valence-corrected chi connectivity index (χ0v) is 6.29. The van der Waals surface area contributed by atoms with Crippen LogP contribution >= 0.6 is 0 Å². The second-order valence-corrected chi connectivity index (χ2v) is 2.84. The largest absolute Gasteiger partial charge is 0.390 e. The molecule has 0 aromatic carbocycles. The quantitative estimate of drug-likeness (QED) is 0.458. The summed E-state index contributed by atoms with van der Waals surface area (Å²) in [5.41, 5.74) is 0. The Balaban J connectivity index is 1.90. The summed E-state index contributed by atoms with van der Waals surface area (Å²) in [5.74, 6) is 0. The molecule has 0 spiro atoms. The summed E-state index contributed by atoms with van der Waals surface area (Å²) < 4.78 is 0. The van der Waals surface area contributed by atoms with Crippen LogP contribution in [-0.4, -0.2) is 35.7 Å². The first kappa shape index (κ1) is 7.76. The number of hydrogen-bond donors (Lipinski definition) is 1. The first-order chi connectivity index (χ1) is 4.83. The third-order valence-corrected chi connectivity index (χ3v) is 1.82. The van der Waals surface area contributed by atoms with Crippen molar-refractivity contribution in [1.29, 1.82) is 0 Å². The van der Waals surface area contributed by atoms with Crippen molar-refractivity contribution in [3.63, 3.8) is 0 Å². The molecule has 1 aliphatic rings. The van der Waals surface area contributed by atoms with Crippen molar-refractivity contribution in [2.75, 3.05) is 19.6 Å². The molecule has 0 unspecified atom stereocenters. The van der Waals surface area contributed by atoms with Crippen LogP contribution in [-0.2, 0) is 0 Å². The van der Waals surface area contributed by atoms with Gasteiger partial charge in [-0.15, -0.1) is 6.58 Å². The third-order valence-electron chi connectivity index (χ3n) is 1.82. The Morgan fingerprint density at radius 2 is 2.30 bits per heavy atom. The van der Waals surface area contributed by atoms with Crippen molar-refractivity contribution in [2.45, 2.75) is 18.9 Å². The van der Waals surface area contributed by atoms with Crippen LogP contribution in [0.15, 0.2) is 12.7 Å². The number of nitrogens with zero attached hydrogens (tertiary/aromatic N) is 1. The smallest absolute Gasteiger partial charge is 0.0793 e. The van der Waals surface area contributed by atoms with Crippen molar-refractivity contribution in [1.82, 2.24) is 4.90 Å². The number of rotatable bonds is 4. The molecule has 0 aliphatic carbocycles. The van der Waals surface area contributed by atoms with Gasteiger partial charge in [-0.2, -0.15) is 0 Å². The molecule has 1 heterocycles. The first-order valence-corrected chi connectivity index (χ1v) is 3.84. The fraction of sp³-hybridized carbons (Fsp3) is 0.750. The molecule has 2 nitrogen and oxygen atoms in total. The lowest BCUT2D eigenvalue weighted by molar-refractivity contribution is 0.00197. The van der Waals surface area contributed by atoms with Gasteiger partial charge in [0.15, 0.2) is 0 Å². The Labute approximate surface area is 62.2 Å². The van der Waals surface area contributed by atoms with Gasteiger partial charge in [0.25, 0.3) is 0 Å². The lowest BCUT2D eigenvalue weighted by atomic mass is 10.1. The van der Waals surface area contributed by atoms with Crippen LogP contribution < -0.4 is 0 Å². The van der Waals surface area contributed by atoms with Crippen LogP contribution in [0.3, 0.4) is 0 Å². The molecule has 0 aromatic heterocycles. The number of likely N-dealkylation sites (tertiary alicyclic amines) is 1. The molecule has 1 fully saturated rings. The van der Waals surface area contributed by atoms with Gasteiger partial charge in [0, 0.05) is 13.1 Å². The van der Waals surface area contributed by atoms with Gasteiger partial charge in [-0.05, 0) is 19.4 Å². The maximum Gasteiger partial charge on any atom is 0.0793 e. The molecule has 10 heavy (non-hydrogen) atoms. The highest BCUT2D eigenvalue weighted by atomic mass is 16.3. The van der Waals surface area contributed by atoms with E-state index in [2.05, 4.69) is 11.5 Å². The third kappa shape index (κ3) is 2.12. The summed E-state index contributed by atoms with van der Waals surface area (Å²) >= 11 is 0. The van der Waals surface area contributed by atoms with Gasteiger partial charge < -0.3 is 5.11 Å². The van der Waals surface area contributed by atoms with E-state index in [1.807, 2.05) is 6.08 Å². The van der Waals surface area contributed by atoms with E-state index in [4.69, 9.17) is 5.11 Å². The first-order valence-electron chi connectivity index (χ1n) is 3.84. The minimum absolute atomic E-state index is 0.0521. The van der Waals surface area contributed by atoms with Crippen molar-refractivity contribution in [3.8, 4) is 0 Å². The minimum atomic E-state index is -0.0521. The highest BCUT2D eigenvalue weighted by Crippen LogP contribution is 2.07. The minimum Gasteiger partial charge on any atom is -0.390 e. The van der Waals surface area contributed by atoms with E-state index in [-0.39, 0.29) is 6.10 Å². The predicted molar refractivity (Wildman–Crippen MR) is 41.9 cm³/mol. The Kier molecular flexibility index (Phi) is 2.90. The van der Waals surface area contributed by atoms with Gasteiger partial charge >= 0.3 is 0 Å². The zero-order valence-electron chi connectivity index (χ0n) is 6.29. The van der Waals surface area contributed by atoms with Crippen LogP contribution in [0.1, 0.15) is 12.8 Å². The second-order valence-electron chi connectivity index (χ2n) is 2.84. The number of unbranched alkanes of at least 4 members (excludes halogenated alkanes) is 1. The molecule has 0 amide bonds. The monoisotopic (exact) mass is 141 g/mol. The Bertz CT molecular complexity index is 108. The Hall–Kier alpha value is -0.340. The second kappa shape index (κ2) is 3.74. The van der Waals surface area contributed by atoms with E-state index in [1.54, 1.807) is 0 Å². The molecule has 58 valence electrons. The van der Waals surface area contributed by atoms with Crippen molar-refractivity contribution >= 4 is 0 Å². The summed E-state index contributed by atoms with van der Waals surface area (Å²) in [4.78, 5) is 2.26. The fourth-order valence-electron chi connectivity index (χ4n) is 1.18. The average molecular weight is 141 g/mol. The van der Waals surface area contributed by atoms with E-state index in [0.717, 1.165) is 26.1 Å². The van der Waals surface area contributed by atoms with E-state index in [9.17, 15) is 0 Å². The van der Waals surface area contributed by atoms with Gasteiger partial charge in [0.2, 0.25) is 0 Å². The molecule has 0 radical (unpaired) electrons. The van der Waals surface area contributed by atoms with Gasteiger partial charge in [-0.3, -0.25) is 4.90 Å². The Morgan fingerprint density at radius 3 is 2.80 bits per heavy atom. The van der Waals surface area contributed by atoms with Crippen LogP contribution in [0.2, 0.25) is 0 Å². The molecular formula is C8H15NO. The molecule has 0 saturated carbocycles. The van der Waals surface area contributed by atoms with Crippen molar-refractivity contribution in [2.24, 2.45) is 0 Å². The lowest BCUT2D eigenvalue weighted by Crippen LogP contribution is -2.50. The summed E-state index contributed by atoms with van der Waals surface area (Å²) in [6, 6.07) is 0. The van der Waals surface area contributed by atoms with Gasteiger partial charge in [-0.1, -0.05) is 6.08 Å². The molecule has 0 atom stereocenters. The van der Waals surface area contributed by atoms with Gasteiger partial charge in [-0.25, -0.2) is 0 Å². The van der Waals surface area contributed by atoms with Gasteiger partial charge in [0.1, 0.15) is 0 Å². The highest BCUT2D eigenvalue weighted by molar-refractivity contribution is 4.79. The van der Waals surface area contributed by atoms with E-state index in [1.165, 1.54) is 6.42 Å². The van der Waals surface area contributed by atoms with Gasteiger partial charge in [0.05, 0.1) is 6.10 Å². The maximum absolute atomic E-state index is 8.91. The predicted octanol–water partition coefficient (Wildman–Crippen LogP) is 0.629. The van der Waals surface area contributed by atoms with E-state index < -0.39 is 0 Å². The topological polar surface area (TPSA) is 23.5 Å². The van der Waals surface area contributed by atoms with Crippen LogP contribution in [0.25, 0.3) is 0 Å². The number of β-amino-alcohol motifs (C(OH)–C–C–N with tert-alkyl or cyclic N) is 1. The van der Waals surface area contributed by atoms with Crippen molar-refractivity contribution in [3.05, 3.63) is 12.7 Å². The summed E-state index contributed by atoms with van der Waals surface area (Å²) in [5, 5.41) is 8.91. The lowest BCUT2D eigenvalue weighted by Gasteiger charge is -2.35. The van der Waals surface area contributed by atoms with Crippen LogP contribution in [0, 0.1) is 0 Å². The maximum atomic E-state index is 8.91. The molecular weight excluding hydrogens is 126 g/mol. The van der Waals surface area contributed by atoms with Crippen LogP contribution in [0.5, 0.6) is 0 Å². The number of aliphatic hydroxyl groups excluding tert-OH is 1. The average Bonchev–Trinajstić information content (AvgIpc) is 1.85. The molecule has 0 aromatic rings. The highest BCUT2D eigenvalue weighted by Gasteiger charge is 2.22. The molecule has 0 bridgehead atoms. The normalized spacial score (nSPS) is 20.5. The molecule has 1 N–H and O–H groups in total. The fourth-order valence-corrected chi connectivity index (χ4v) is 1.18. The number of aliphatic hydroxyl groups is 1. The Morgan fingerprint density at radius 1 is 1.60 bits per heavy atom. The van der Waals surface area contributed by atoms with E-state index in [0.29, 0.717) is 0 Å². The zero-order chi connectivity index (χ0) is 7.40. The number of allylic oxidation sites excluding steroid dienone is 1. The molecule has 1 saturated heterocycles. The SMILES string of the molecule is C=CCCCN1CC(O)C1. The summed E-state index contributed by atoms with van der Waals surface area (Å²) in [6.45, 7) is 6.51. The molecule has 1 rings (SSSR count). The van der Waals surface area contributed by atoms with Crippen molar-refractivity contribution < 1.29 is 5.11 Å².